The van der Waals surface area contributed by atoms with Crippen molar-refractivity contribution < 1.29 is 14.2 Å². The molecular weight excluding hydrogens is 318 g/mol. The largest absolute Gasteiger partial charge is 0.491 e. The minimum absolute atomic E-state index is 0.397. The van der Waals surface area contributed by atoms with Crippen molar-refractivity contribution in [2.45, 2.75) is 25.4 Å². The van der Waals surface area contributed by atoms with Gasteiger partial charge in [-0.05, 0) is 30.5 Å². The second-order valence-electron chi connectivity index (χ2n) is 5.85. The first kappa shape index (κ1) is 19.3. The smallest absolute Gasteiger partial charge is 0.192 e. The molecule has 6 heteroatoms. The van der Waals surface area contributed by atoms with Gasteiger partial charge in [0.1, 0.15) is 12.4 Å². The van der Waals surface area contributed by atoms with E-state index in [-0.39, 0.29) is 0 Å². The summed E-state index contributed by atoms with van der Waals surface area (Å²) in [4.78, 5) is 4.69. The third-order valence-electron chi connectivity index (χ3n) is 3.85. The molecule has 1 aromatic rings. The normalized spacial score (nSPS) is 15.6. The highest BCUT2D eigenvalue weighted by Gasteiger charge is 2.14. The van der Waals surface area contributed by atoms with Crippen molar-refractivity contribution in [2.75, 3.05) is 40.1 Å². The molecule has 0 aromatic heterocycles. The van der Waals surface area contributed by atoms with Crippen molar-refractivity contribution in [1.82, 2.24) is 10.6 Å². The monoisotopic (exact) mass is 347 g/mol. The molecule has 0 radical (unpaired) electrons. The summed E-state index contributed by atoms with van der Waals surface area (Å²) < 4.78 is 16.1. The molecule has 2 rings (SSSR count). The summed E-state index contributed by atoms with van der Waals surface area (Å²) in [6.07, 6.45) is 3.82. The molecule has 0 spiro atoms. The van der Waals surface area contributed by atoms with Crippen LogP contribution in [0, 0.1) is 0 Å². The molecule has 138 valence electrons. The topological polar surface area (TPSA) is 64.1 Å². The number of nitrogens with zero attached hydrogens (tertiary/aromatic N) is 1. The maximum absolute atomic E-state index is 5.65. The summed E-state index contributed by atoms with van der Waals surface area (Å²) >= 11 is 0. The molecule has 0 saturated carbocycles. The van der Waals surface area contributed by atoms with Crippen LogP contribution >= 0.6 is 0 Å². The van der Waals surface area contributed by atoms with Gasteiger partial charge in [0.05, 0.1) is 13.2 Å². The summed E-state index contributed by atoms with van der Waals surface area (Å²) in [6, 6.07) is 8.38. The lowest BCUT2D eigenvalue weighted by Gasteiger charge is -2.25. The van der Waals surface area contributed by atoms with E-state index in [1.165, 1.54) is 0 Å². The second kappa shape index (κ2) is 11.5. The van der Waals surface area contributed by atoms with E-state index < -0.39 is 0 Å². The Hall–Kier alpha value is -2.05. The Balaban J connectivity index is 1.93. The zero-order valence-corrected chi connectivity index (χ0v) is 15.0. The molecule has 0 bridgehead atoms. The minimum atomic E-state index is 0.397. The predicted molar refractivity (Wildman–Crippen MR) is 100 cm³/mol. The molecule has 0 atom stereocenters. The van der Waals surface area contributed by atoms with Gasteiger partial charge < -0.3 is 24.8 Å². The first-order valence-corrected chi connectivity index (χ1v) is 8.76. The average molecular weight is 347 g/mol. The van der Waals surface area contributed by atoms with E-state index in [1.807, 2.05) is 30.3 Å². The van der Waals surface area contributed by atoms with E-state index in [0.717, 1.165) is 43.3 Å². The number of guanidine groups is 1. The number of aliphatic imine (C=N–C) groups is 1. The van der Waals surface area contributed by atoms with E-state index in [9.17, 15) is 0 Å². The van der Waals surface area contributed by atoms with E-state index in [1.54, 1.807) is 7.11 Å². The van der Waals surface area contributed by atoms with Crippen LogP contribution in [0.1, 0.15) is 18.4 Å². The maximum atomic E-state index is 5.65. The van der Waals surface area contributed by atoms with Crippen LogP contribution in [0.25, 0.3) is 0 Å². The van der Waals surface area contributed by atoms with Gasteiger partial charge in [-0.1, -0.05) is 18.2 Å². The lowest BCUT2D eigenvalue weighted by atomic mass is 10.1. The fraction of sp³-hybridized carbons (Fsp3) is 0.526. The summed E-state index contributed by atoms with van der Waals surface area (Å²) in [7, 11) is 1.66. The van der Waals surface area contributed by atoms with Crippen molar-refractivity contribution in [1.29, 1.82) is 0 Å². The molecule has 6 nitrogen and oxygen atoms in total. The van der Waals surface area contributed by atoms with Gasteiger partial charge in [-0.25, -0.2) is 4.99 Å². The number of hydrogen-bond donors (Lipinski definition) is 2. The Morgan fingerprint density at radius 3 is 2.96 bits per heavy atom. The molecule has 1 saturated heterocycles. The lowest BCUT2D eigenvalue weighted by Crippen LogP contribution is -2.45. The van der Waals surface area contributed by atoms with Crippen molar-refractivity contribution in [3.63, 3.8) is 0 Å². The van der Waals surface area contributed by atoms with Crippen molar-refractivity contribution in [3.05, 3.63) is 42.5 Å². The second-order valence-corrected chi connectivity index (χ2v) is 5.85. The van der Waals surface area contributed by atoms with Crippen LogP contribution in [0.5, 0.6) is 5.75 Å². The zero-order valence-electron chi connectivity index (χ0n) is 15.0. The van der Waals surface area contributed by atoms with Gasteiger partial charge >= 0.3 is 0 Å². The highest BCUT2D eigenvalue weighted by Crippen LogP contribution is 2.14. The molecule has 1 aliphatic heterocycles. The molecule has 0 unspecified atom stereocenters. The quantitative estimate of drug-likeness (QED) is 0.310. The zero-order chi connectivity index (χ0) is 17.7. The molecule has 1 aromatic carbocycles. The Labute approximate surface area is 150 Å². The SMILES string of the molecule is C=CCNC(=NCc1cccc(OCCOC)c1)NC1CCOCC1. The van der Waals surface area contributed by atoms with Gasteiger partial charge in [0.15, 0.2) is 5.96 Å². The fourth-order valence-corrected chi connectivity index (χ4v) is 2.50. The van der Waals surface area contributed by atoms with Gasteiger partial charge in [-0.15, -0.1) is 6.58 Å². The molecule has 1 fully saturated rings. The van der Waals surface area contributed by atoms with Crippen LogP contribution in [0.2, 0.25) is 0 Å². The van der Waals surface area contributed by atoms with Crippen LogP contribution < -0.4 is 15.4 Å². The van der Waals surface area contributed by atoms with Crippen LogP contribution in [0.3, 0.4) is 0 Å². The molecular formula is C19H29N3O3. The predicted octanol–water partition coefficient (Wildman–Crippen LogP) is 2.11. The Morgan fingerprint density at radius 2 is 2.20 bits per heavy atom. The summed E-state index contributed by atoms with van der Waals surface area (Å²) in [5, 5.41) is 6.76. The summed E-state index contributed by atoms with van der Waals surface area (Å²) in [5.41, 5.74) is 1.10. The van der Waals surface area contributed by atoms with Crippen LogP contribution in [-0.4, -0.2) is 52.1 Å². The molecule has 25 heavy (non-hydrogen) atoms. The number of rotatable bonds is 9. The number of hydrogen-bond acceptors (Lipinski definition) is 4. The van der Waals surface area contributed by atoms with Gasteiger partial charge in [0.2, 0.25) is 0 Å². The summed E-state index contributed by atoms with van der Waals surface area (Å²) in [5.74, 6) is 1.64. The van der Waals surface area contributed by atoms with Crippen LogP contribution in [0.4, 0.5) is 0 Å². The van der Waals surface area contributed by atoms with E-state index >= 15 is 0 Å². The number of nitrogens with one attached hydrogen (secondary N) is 2. The minimum Gasteiger partial charge on any atom is -0.491 e. The third kappa shape index (κ3) is 7.58. The molecule has 0 aliphatic carbocycles. The van der Waals surface area contributed by atoms with E-state index in [2.05, 4.69) is 22.2 Å². The van der Waals surface area contributed by atoms with E-state index in [4.69, 9.17) is 14.2 Å². The van der Waals surface area contributed by atoms with Gasteiger partial charge in [-0.3, -0.25) is 0 Å². The van der Waals surface area contributed by atoms with Gasteiger partial charge in [-0.2, -0.15) is 0 Å². The van der Waals surface area contributed by atoms with Gasteiger partial charge in [0.25, 0.3) is 0 Å². The lowest BCUT2D eigenvalue weighted by molar-refractivity contribution is 0.0822. The summed E-state index contributed by atoms with van der Waals surface area (Å²) in [6.45, 7) is 7.73. The fourth-order valence-electron chi connectivity index (χ4n) is 2.50. The third-order valence-corrected chi connectivity index (χ3v) is 3.85. The number of ether oxygens (including phenoxy) is 3. The van der Waals surface area contributed by atoms with E-state index in [0.29, 0.717) is 32.3 Å². The standard InChI is InChI=1S/C19H29N3O3/c1-3-9-20-19(22-17-7-10-24-11-8-17)21-15-16-5-4-6-18(14-16)25-13-12-23-2/h3-6,14,17H,1,7-13,15H2,2H3,(H2,20,21,22). The average Bonchev–Trinajstić information content (AvgIpc) is 2.65. The van der Waals surface area contributed by atoms with Crippen molar-refractivity contribution >= 4 is 5.96 Å². The number of methoxy groups -OCH3 is 1. The maximum Gasteiger partial charge on any atom is 0.192 e. The first-order chi connectivity index (χ1) is 12.3. The molecule has 2 N–H and O–H groups in total. The molecule has 1 heterocycles. The Kier molecular flexibility index (Phi) is 8.86. The number of benzene rings is 1. The van der Waals surface area contributed by atoms with Crippen LogP contribution in [0.15, 0.2) is 41.9 Å². The highest BCUT2D eigenvalue weighted by atomic mass is 16.5. The Bertz CT molecular complexity index is 542. The molecule has 1 aliphatic rings. The van der Waals surface area contributed by atoms with Gasteiger partial charge in [0, 0.05) is 32.9 Å². The van der Waals surface area contributed by atoms with Crippen molar-refractivity contribution in [3.8, 4) is 5.75 Å². The highest BCUT2D eigenvalue weighted by molar-refractivity contribution is 5.80. The molecule has 0 amide bonds. The Morgan fingerprint density at radius 1 is 1.36 bits per heavy atom. The van der Waals surface area contributed by atoms with Crippen LogP contribution in [-0.2, 0) is 16.0 Å². The first-order valence-electron chi connectivity index (χ1n) is 8.76. The van der Waals surface area contributed by atoms with Crippen molar-refractivity contribution in [2.24, 2.45) is 4.99 Å².